The topological polar surface area (TPSA) is 37.3 Å². The van der Waals surface area contributed by atoms with E-state index in [0.717, 1.165) is 5.56 Å². The molecule has 0 aliphatic heterocycles. The molecule has 0 bridgehead atoms. The number of rotatable bonds is 3. The van der Waals surface area contributed by atoms with Gasteiger partial charge in [0.15, 0.2) is 5.78 Å². The zero-order valence-corrected chi connectivity index (χ0v) is 9.74. The third kappa shape index (κ3) is 2.58. The third-order valence-electron chi connectivity index (χ3n) is 2.48. The second-order valence-electron chi connectivity index (χ2n) is 4.45. The Morgan fingerprint density at radius 3 is 2.20 bits per heavy atom. The molecule has 2 nitrogen and oxygen atoms in total. The Bertz CT molecular complexity index is 365. The number of ketones is 1. The van der Waals surface area contributed by atoms with Crippen molar-refractivity contribution in [2.24, 2.45) is 5.92 Å². The standard InChI is InChI=1S/C13H18O2/c1-8(2)10-5-6-11(12(14)7-10)13(15)9(3)4/h5-9,14H,1-4H3. The van der Waals surface area contributed by atoms with Gasteiger partial charge in [-0.3, -0.25) is 4.79 Å². The Morgan fingerprint density at radius 2 is 1.80 bits per heavy atom. The van der Waals surface area contributed by atoms with Crippen molar-refractivity contribution in [2.75, 3.05) is 0 Å². The smallest absolute Gasteiger partial charge is 0.169 e. The number of Topliss-reactive ketones (excluding diaryl/α,β-unsaturated/α-hetero) is 1. The number of phenols is 1. The SMILES string of the molecule is CC(C)C(=O)c1ccc(C(C)C)cc1O. The average molecular weight is 206 g/mol. The molecule has 0 saturated carbocycles. The number of phenolic OH excluding ortho intramolecular Hbond substituents is 1. The summed E-state index contributed by atoms with van der Waals surface area (Å²) >= 11 is 0. The molecule has 0 aromatic heterocycles. The molecule has 0 amide bonds. The lowest BCUT2D eigenvalue weighted by Gasteiger charge is -2.10. The van der Waals surface area contributed by atoms with E-state index in [9.17, 15) is 9.90 Å². The van der Waals surface area contributed by atoms with Gasteiger partial charge in [-0.05, 0) is 23.6 Å². The van der Waals surface area contributed by atoms with E-state index in [0.29, 0.717) is 11.5 Å². The molecular formula is C13H18O2. The molecule has 0 saturated heterocycles. The first kappa shape index (κ1) is 11.8. The van der Waals surface area contributed by atoms with Crippen molar-refractivity contribution < 1.29 is 9.90 Å². The van der Waals surface area contributed by atoms with Crippen molar-refractivity contribution in [3.05, 3.63) is 29.3 Å². The summed E-state index contributed by atoms with van der Waals surface area (Å²) in [4.78, 5) is 11.7. The normalized spacial score (nSPS) is 11.1. The summed E-state index contributed by atoms with van der Waals surface area (Å²) in [6, 6.07) is 5.30. The fraction of sp³-hybridized carbons (Fsp3) is 0.462. The first-order valence-corrected chi connectivity index (χ1v) is 5.30. The van der Waals surface area contributed by atoms with Gasteiger partial charge in [0.05, 0.1) is 5.56 Å². The van der Waals surface area contributed by atoms with Crippen LogP contribution in [0.5, 0.6) is 5.75 Å². The van der Waals surface area contributed by atoms with Gasteiger partial charge in [0.2, 0.25) is 0 Å². The Kier molecular flexibility index (Phi) is 3.51. The first-order valence-electron chi connectivity index (χ1n) is 5.30. The Morgan fingerprint density at radius 1 is 1.20 bits per heavy atom. The van der Waals surface area contributed by atoms with Crippen molar-refractivity contribution in [2.45, 2.75) is 33.6 Å². The van der Waals surface area contributed by atoms with E-state index in [1.54, 1.807) is 12.1 Å². The van der Waals surface area contributed by atoms with Crippen LogP contribution < -0.4 is 0 Å². The summed E-state index contributed by atoms with van der Waals surface area (Å²) in [6.07, 6.45) is 0. The monoisotopic (exact) mass is 206 g/mol. The average Bonchev–Trinajstić information content (AvgIpc) is 2.16. The lowest BCUT2D eigenvalue weighted by Crippen LogP contribution is -2.07. The maximum absolute atomic E-state index is 11.7. The van der Waals surface area contributed by atoms with Crippen LogP contribution in [0.15, 0.2) is 18.2 Å². The number of carbonyl (C=O) groups is 1. The summed E-state index contributed by atoms with van der Waals surface area (Å²) in [5.41, 5.74) is 1.47. The van der Waals surface area contributed by atoms with Crippen LogP contribution in [0.2, 0.25) is 0 Å². The van der Waals surface area contributed by atoms with E-state index in [-0.39, 0.29) is 17.5 Å². The number of carbonyl (C=O) groups excluding carboxylic acids is 1. The fourth-order valence-corrected chi connectivity index (χ4v) is 1.43. The van der Waals surface area contributed by atoms with Crippen LogP contribution in [-0.4, -0.2) is 10.9 Å². The highest BCUT2D eigenvalue weighted by molar-refractivity contribution is 5.99. The number of hydrogen-bond donors (Lipinski definition) is 1. The highest BCUT2D eigenvalue weighted by Crippen LogP contribution is 2.25. The lowest BCUT2D eigenvalue weighted by molar-refractivity contribution is 0.0936. The van der Waals surface area contributed by atoms with Crippen molar-refractivity contribution in [3.8, 4) is 5.75 Å². The first-order chi connectivity index (χ1) is 6.93. The highest BCUT2D eigenvalue weighted by atomic mass is 16.3. The quantitative estimate of drug-likeness (QED) is 0.770. The summed E-state index contributed by atoms with van der Waals surface area (Å²) in [5, 5.41) is 9.74. The van der Waals surface area contributed by atoms with Gasteiger partial charge in [-0.2, -0.15) is 0 Å². The van der Waals surface area contributed by atoms with Crippen LogP contribution in [-0.2, 0) is 0 Å². The number of aromatic hydroxyl groups is 1. The van der Waals surface area contributed by atoms with E-state index in [2.05, 4.69) is 13.8 Å². The molecule has 0 spiro atoms. The molecule has 1 aromatic carbocycles. The number of hydrogen-bond acceptors (Lipinski definition) is 2. The summed E-state index contributed by atoms with van der Waals surface area (Å²) in [7, 11) is 0. The summed E-state index contributed by atoms with van der Waals surface area (Å²) in [6.45, 7) is 7.77. The maximum Gasteiger partial charge on any atom is 0.169 e. The molecule has 0 atom stereocenters. The zero-order chi connectivity index (χ0) is 11.6. The van der Waals surface area contributed by atoms with E-state index >= 15 is 0 Å². The Balaban J connectivity index is 3.08. The minimum Gasteiger partial charge on any atom is -0.507 e. The predicted octanol–water partition coefficient (Wildman–Crippen LogP) is 3.35. The molecule has 2 heteroatoms. The van der Waals surface area contributed by atoms with Gasteiger partial charge in [-0.1, -0.05) is 33.8 Å². The Hall–Kier alpha value is -1.31. The summed E-state index contributed by atoms with van der Waals surface area (Å²) in [5.74, 6) is 0.364. The highest BCUT2D eigenvalue weighted by Gasteiger charge is 2.15. The van der Waals surface area contributed by atoms with E-state index in [1.165, 1.54) is 0 Å². The Labute approximate surface area is 90.9 Å². The van der Waals surface area contributed by atoms with Gasteiger partial charge in [-0.25, -0.2) is 0 Å². The van der Waals surface area contributed by atoms with Crippen LogP contribution in [0.3, 0.4) is 0 Å². The van der Waals surface area contributed by atoms with Gasteiger partial charge in [0.25, 0.3) is 0 Å². The molecule has 0 fully saturated rings. The van der Waals surface area contributed by atoms with Crippen molar-refractivity contribution in [1.29, 1.82) is 0 Å². The summed E-state index contributed by atoms with van der Waals surface area (Å²) < 4.78 is 0. The van der Waals surface area contributed by atoms with Gasteiger partial charge in [0.1, 0.15) is 5.75 Å². The van der Waals surface area contributed by atoms with Gasteiger partial charge in [-0.15, -0.1) is 0 Å². The molecule has 1 rings (SSSR count). The maximum atomic E-state index is 11.7. The van der Waals surface area contributed by atoms with Crippen LogP contribution in [0.25, 0.3) is 0 Å². The lowest BCUT2D eigenvalue weighted by atomic mass is 9.96. The number of benzene rings is 1. The molecule has 0 radical (unpaired) electrons. The zero-order valence-electron chi connectivity index (χ0n) is 9.74. The van der Waals surface area contributed by atoms with Crippen LogP contribution >= 0.6 is 0 Å². The molecule has 0 unspecified atom stereocenters. The van der Waals surface area contributed by atoms with Crippen LogP contribution in [0.1, 0.15) is 49.5 Å². The fourth-order valence-electron chi connectivity index (χ4n) is 1.43. The molecule has 0 aliphatic rings. The molecule has 0 heterocycles. The third-order valence-corrected chi connectivity index (χ3v) is 2.48. The van der Waals surface area contributed by atoms with E-state index in [4.69, 9.17) is 0 Å². The molecule has 1 N–H and O–H groups in total. The molecular weight excluding hydrogens is 188 g/mol. The van der Waals surface area contributed by atoms with Crippen molar-refractivity contribution >= 4 is 5.78 Å². The second-order valence-corrected chi connectivity index (χ2v) is 4.45. The molecule has 0 aliphatic carbocycles. The van der Waals surface area contributed by atoms with Gasteiger partial charge >= 0.3 is 0 Å². The van der Waals surface area contributed by atoms with Gasteiger partial charge in [0, 0.05) is 5.92 Å². The van der Waals surface area contributed by atoms with Crippen LogP contribution in [0, 0.1) is 5.92 Å². The van der Waals surface area contributed by atoms with Crippen LogP contribution in [0.4, 0.5) is 0 Å². The van der Waals surface area contributed by atoms with E-state index < -0.39 is 0 Å². The second kappa shape index (κ2) is 4.47. The van der Waals surface area contributed by atoms with Crippen molar-refractivity contribution in [3.63, 3.8) is 0 Å². The van der Waals surface area contributed by atoms with Crippen molar-refractivity contribution in [1.82, 2.24) is 0 Å². The largest absolute Gasteiger partial charge is 0.507 e. The minimum absolute atomic E-state index is 0.0113. The molecule has 82 valence electrons. The van der Waals surface area contributed by atoms with Gasteiger partial charge < -0.3 is 5.11 Å². The minimum atomic E-state index is -0.0826. The molecule has 15 heavy (non-hydrogen) atoms. The molecule has 1 aromatic rings. The van der Waals surface area contributed by atoms with E-state index in [1.807, 2.05) is 19.9 Å². The predicted molar refractivity (Wildman–Crippen MR) is 61.4 cm³/mol.